The topological polar surface area (TPSA) is 28.2 Å². The van der Waals surface area contributed by atoms with Crippen molar-refractivity contribution in [2.75, 3.05) is 18.0 Å². The lowest BCUT2D eigenvalue weighted by molar-refractivity contribution is 0.677. The number of aromatic nitrogens is 1. The molecule has 0 aromatic carbocycles. The molecule has 0 saturated heterocycles. The van der Waals surface area contributed by atoms with Crippen molar-refractivity contribution in [3.8, 4) is 12.3 Å². The van der Waals surface area contributed by atoms with Crippen LogP contribution in [0.25, 0.3) is 0 Å². The summed E-state index contributed by atoms with van der Waals surface area (Å²) >= 11 is 0. The van der Waals surface area contributed by atoms with Crippen LogP contribution in [0, 0.1) is 18.3 Å². The SMILES string of the molecule is C#CCN(CC1CC1)c1ncccc1CNC1CC1. The summed E-state index contributed by atoms with van der Waals surface area (Å²) in [6.45, 7) is 2.61. The van der Waals surface area contributed by atoms with E-state index in [1.165, 1.54) is 31.2 Å². The summed E-state index contributed by atoms with van der Waals surface area (Å²) in [5, 5.41) is 3.56. The standard InChI is InChI=1S/C16H21N3/c1-2-10-19(12-13-5-6-13)16-14(4-3-9-17-16)11-18-15-7-8-15/h1,3-4,9,13,15,18H,5-8,10-12H2. The lowest BCUT2D eigenvalue weighted by atomic mass is 10.2. The monoisotopic (exact) mass is 255 g/mol. The van der Waals surface area contributed by atoms with Gasteiger partial charge in [-0.1, -0.05) is 12.0 Å². The Morgan fingerprint density at radius 2 is 2.21 bits per heavy atom. The molecule has 3 nitrogen and oxygen atoms in total. The molecule has 1 aromatic heterocycles. The van der Waals surface area contributed by atoms with Gasteiger partial charge in [-0.3, -0.25) is 0 Å². The normalized spacial score (nSPS) is 18.1. The Morgan fingerprint density at radius 1 is 1.37 bits per heavy atom. The van der Waals surface area contributed by atoms with E-state index in [0.717, 1.165) is 30.9 Å². The summed E-state index contributed by atoms with van der Waals surface area (Å²) in [7, 11) is 0. The van der Waals surface area contributed by atoms with Gasteiger partial charge >= 0.3 is 0 Å². The van der Waals surface area contributed by atoms with Crippen molar-refractivity contribution in [1.29, 1.82) is 0 Å². The quantitative estimate of drug-likeness (QED) is 0.757. The van der Waals surface area contributed by atoms with Crippen molar-refractivity contribution in [3.05, 3.63) is 23.9 Å². The molecule has 1 N–H and O–H groups in total. The highest BCUT2D eigenvalue weighted by Crippen LogP contribution is 2.31. The molecular formula is C16H21N3. The number of nitrogens with one attached hydrogen (secondary N) is 1. The summed E-state index contributed by atoms with van der Waals surface area (Å²) < 4.78 is 0. The van der Waals surface area contributed by atoms with Gasteiger partial charge in [-0.2, -0.15) is 0 Å². The fraction of sp³-hybridized carbons (Fsp3) is 0.562. The summed E-state index contributed by atoms with van der Waals surface area (Å²) in [6, 6.07) is 4.89. The molecule has 2 aliphatic carbocycles. The fourth-order valence-corrected chi connectivity index (χ4v) is 2.34. The van der Waals surface area contributed by atoms with E-state index in [4.69, 9.17) is 6.42 Å². The van der Waals surface area contributed by atoms with Crippen molar-refractivity contribution >= 4 is 5.82 Å². The molecule has 0 aliphatic heterocycles. The Kier molecular flexibility index (Phi) is 3.70. The van der Waals surface area contributed by atoms with Crippen molar-refractivity contribution in [2.45, 2.75) is 38.3 Å². The first kappa shape index (κ1) is 12.5. The van der Waals surface area contributed by atoms with Crippen LogP contribution in [0.3, 0.4) is 0 Å². The number of terminal acetylenes is 1. The summed E-state index contributed by atoms with van der Waals surface area (Å²) in [4.78, 5) is 6.83. The number of anilines is 1. The van der Waals surface area contributed by atoms with Gasteiger partial charge in [0.1, 0.15) is 5.82 Å². The van der Waals surface area contributed by atoms with E-state index in [2.05, 4.69) is 27.2 Å². The molecule has 100 valence electrons. The molecule has 1 heterocycles. The molecule has 1 aromatic rings. The van der Waals surface area contributed by atoms with E-state index in [9.17, 15) is 0 Å². The largest absolute Gasteiger partial charge is 0.345 e. The van der Waals surface area contributed by atoms with Crippen LogP contribution in [0.4, 0.5) is 5.82 Å². The van der Waals surface area contributed by atoms with Crippen molar-refractivity contribution in [2.24, 2.45) is 5.92 Å². The molecule has 2 saturated carbocycles. The van der Waals surface area contributed by atoms with Crippen LogP contribution >= 0.6 is 0 Å². The highest BCUT2D eigenvalue weighted by Gasteiger charge is 2.26. The molecule has 19 heavy (non-hydrogen) atoms. The van der Waals surface area contributed by atoms with Gasteiger partial charge in [0.2, 0.25) is 0 Å². The number of nitrogens with zero attached hydrogens (tertiary/aromatic N) is 2. The number of hydrogen-bond acceptors (Lipinski definition) is 3. The highest BCUT2D eigenvalue weighted by molar-refractivity contribution is 5.48. The number of hydrogen-bond donors (Lipinski definition) is 1. The van der Waals surface area contributed by atoms with Gasteiger partial charge in [-0.05, 0) is 37.7 Å². The van der Waals surface area contributed by atoms with Gasteiger partial charge in [0, 0.05) is 30.9 Å². The third-order valence-corrected chi connectivity index (χ3v) is 3.78. The zero-order chi connectivity index (χ0) is 13.1. The second kappa shape index (κ2) is 5.63. The van der Waals surface area contributed by atoms with Gasteiger partial charge in [0.15, 0.2) is 0 Å². The lowest BCUT2D eigenvalue weighted by Gasteiger charge is -2.24. The molecule has 3 heteroatoms. The zero-order valence-corrected chi connectivity index (χ0v) is 11.3. The third-order valence-electron chi connectivity index (χ3n) is 3.78. The van der Waals surface area contributed by atoms with Crippen LogP contribution in [-0.4, -0.2) is 24.1 Å². The Balaban J connectivity index is 1.72. The maximum atomic E-state index is 5.51. The van der Waals surface area contributed by atoms with E-state index < -0.39 is 0 Å². The Hall–Kier alpha value is -1.53. The first-order valence-electron chi connectivity index (χ1n) is 7.22. The molecule has 0 bridgehead atoms. The summed E-state index contributed by atoms with van der Waals surface area (Å²) in [5.74, 6) is 4.66. The van der Waals surface area contributed by atoms with E-state index in [-0.39, 0.29) is 0 Å². The Morgan fingerprint density at radius 3 is 2.89 bits per heavy atom. The average Bonchev–Trinajstić information content (AvgIpc) is 3.31. The van der Waals surface area contributed by atoms with Crippen LogP contribution < -0.4 is 10.2 Å². The highest BCUT2D eigenvalue weighted by atomic mass is 15.2. The Labute approximate surface area is 115 Å². The van der Waals surface area contributed by atoms with Crippen LogP contribution in [-0.2, 0) is 6.54 Å². The molecule has 0 atom stereocenters. The average molecular weight is 255 g/mol. The van der Waals surface area contributed by atoms with Gasteiger partial charge in [-0.15, -0.1) is 6.42 Å². The fourth-order valence-electron chi connectivity index (χ4n) is 2.34. The van der Waals surface area contributed by atoms with Crippen LogP contribution in [0.1, 0.15) is 31.2 Å². The van der Waals surface area contributed by atoms with Crippen LogP contribution in [0.5, 0.6) is 0 Å². The molecule has 2 fully saturated rings. The summed E-state index contributed by atoms with van der Waals surface area (Å²) in [5.41, 5.74) is 1.27. The summed E-state index contributed by atoms with van der Waals surface area (Å²) in [6.07, 6.45) is 12.7. The van der Waals surface area contributed by atoms with Gasteiger partial charge < -0.3 is 10.2 Å². The molecule has 3 rings (SSSR count). The van der Waals surface area contributed by atoms with Crippen molar-refractivity contribution in [1.82, 2.24) is 10.3 Å². The van der Waals surface area contributed by atoms with E-state index in [1.807, 2.05) is 12.3 Å². The van der Waals surface area contributed by atoms with E-state index >= 15 is 0 Å². The van der Waals surface area contributed by atoms with E-state index in [0.29, 0.717) is 6.54 Å². The van der Waals surface area contributed by atoms with Gasteiger partial charge in [-0.25, -0.2) is 4.98 Å². The molecular weight excluding hydrogens is 234 g/mol. The molecule has 2 aliphatic rings. The molecule has 0 amide bonds. The number of pyridine rings is 1. The predicted molar refractivity (Wildman–Crippen MR) is 77.9 cm³/mol. The first-order chi connectivity index (χ1) is 9.36. The second-order valence-electron chi connectivity index (χ2n) is 5.67. The molecule has 0 spiro atoms. The molecule has 0 radical (unpaired) electrons. The lowest BCUT2D eigenvalue weighted by Crippen LogP contribution is -2.29. The third kappa shape index (κ3) is 3.48. The van der Waals surface area contributed by atoms with Crippen LogP contribution in [0.15, 0.2) is 18.3 Å². The van der Waals surface area contributed by atoms with Gasteiger partial charge in [0.25, 0.3) is 0 Å². The minimum atomic E-state index is 0.657. The van der Waals surface area contributed by atoms with Crippen LogP contribution in [0.2, 0.25) is 0 Å². The maximum absolute atomic E-state index is 5.51. The maximum Gasteiger partial charge on any atom is 0.133 e. The minimum Gasteiger partial charge on any atom is -0.345 e. The van der Waals surface area contributed by atoms with Crippen molar-refractivity contribution < 1.29 is 0 Å². The second-order valence-corrected chi connectivity index (χ2v) is 5.67. The first-order valence-corrected chi connectivity index (χ1v) is 7.22. The Bertz CT molecular complexity index is 469. The number of rotatable bonds is 7. The van der Waals surface area contributed by atoms with Gasteiger partial charge in [0.05, 0.1) is 6.54 Å². The molecule has 0 unspecified atom stereocenters. The predicted octanol–water partition coefficient (Wildman–Crippen LogP) is 2.18. The van der Waals surface area contributed by atoms with E-state index in [1.54, 1.807) is 0 Å². The minimum absolute atomic E-state index is 0.657. The van der Waals surface area contributed by atoms with Crippen molar-refractivity contribution in [3.63, 3.8) is 0 Å². The smallest absolute Gasteiger partial charge is 0.133 e. The zero-order valence-electron chi connectivity index (χ0n) is 11.3.